The number of aromatic nitrogens is 1. The lowest BCUT2D eigenvalue weighted by atomic mass is 10.0. The summed E-state index contributed by atoms with van der Waals surface area (Å²) >= 11 is 0. The van der Waals surface area contributed by atoms with Gasteiger partial charge in [0.1, 0.15) is 18.1 Å². The van der Waals surface area contributed by atoms with Gasteiger partial charge in [-0.05, 0) is 18.6 Å². The summed E-state index contributed by atoms with van der Waals surface area (Å²) in [4.78, 5) is 74.8. The molecule has 0 bridgehead atoms. The van der Waals surface area contributed by atoms with E-state index in [0.29, 0.717) is 5.56 Å². The Kier molecular flexibility index (Phi) is 9.50. The summed E-state index contributed by atoms with van der Waals surface area (Å²) in [5, 5.41) is 25.6. The van der Waals surface area contributed by atoms with Crippen LogP contribution in [0.1, 0.15) is 25.3 Å². The van der Waals surface area contributed by atoms with E-state index in [1.165, 1.54) is 6.92 Å². The molecule has 2 rings (SSSR count). The van der Waals surface area contributed by atoms with E-state index in [1.54, 1.807) is 18.3 Å². The Morgan fingerprint density at radius 3 is 2.06 bits per heavy atom. The highest BCUT2D eigenvalue weighted by Gasteiger charge is 2.32. The second kappa shape index (κ2) is 12.3. The molecule has 14 heteroatoms. The Morgan fingerprint density at radius 2 is 1.47 bits per heavy atom. The largest absolute Gasteiger partial charge is 0.481 e. The molecule has 0 aliphatic rings. The molecular weight excluding hydrogens is 476 g/mol. The number of hydrogen-bond acceptors (Lipinski definition) is 7. The Labute approximate surface area is 204 Å². The van der Waals surface area contributed by atoms with Gasteiger partial charge in [0.25, 0.3) is 0 Å². The molecule has 2 aromatic rings. The zero-order valence-electron chi connectivity index (χ0n) is 19.3. The predicted molar refractivity (Wildman–Crippen MR) is 125 cm³/mol. The van der Waals surface area contributed by atoms with Gasteiger partial charge in [-0.1, -0.05) is 18.2 Å². The number of carbonyl (C=O) groups excluding carboxylic acids is 4. The van der Waals surface area contributed by atoms with Crippen molar-refractivity contribution in [1.82, 2.24) is 20.9 Å². The van der Waals surface area contributed by atoms with Gasteiger partial charge in [-0.25, -0.2) is 4.79 Å². The number of amides is 4. The summed E-state index contributed by atoms with van der Waals surface area (Å²) in [6, 6.07) is 1.58. The minimum atomic E-state index is -1.82. The molecule has 1 aromatic heterocycles. The van der Waals surface area contributed by atoms with Gasteiger partial charge in [-0.15, -0.1) is 0 Å². The Morgan fingerprint density at radius 1 is 0.889 bits per heavy atom. The van der Waals surface area contributed by atoms with E-state index in [0.717, 1.165) is 10.9 Å². The van der Waals surface area contributed by atoms with Crippen LogP contribution in [0.4, 0.5) is 0 Å². The van der Waals surface area contributed by atoms with E-state index in [2.05, 4.69) is 15.6 Å². The number of para-hydroxylation sites is 1. The van der Waals surface area contributed by atoms with Crippen LogP contribution in [-0.2, 0) is 35.2 Å². The molecular formula is C22H28N6O8. The summed E-state index contributed by atoms with van der Waals surface area (Å²) in [5.74, 6) is -6.78. The zero-order chi connectivity index (χ0) is 27.0. The molecule has 0 spiro atoms. The highest BCUT2D eigenvalue weighted by Crippen LogP contribution is 2.19. The second-order valence-electron chi connectivity index (χ2n) is 8.14. The average molecular weight is 505 g/mol. The van der Waals surface area contributed by atoms with Crippen LogP contribution in [0.25, 0.3) is 10.9 Å². The predicted octanol–water partition coefficient (Wildman–Crippen LogP) is -2.05. The molecule has 0 unspecified atom stereocenters. The van der Waals surface area contributed by atoms with Crippen molar-refractivity contribution in [3.63, 3.8) is 0 Å². The molecule has 4 amide bonds. The number of aliphatic carboxylic acids is 2. The minimum absolute atomic E-state index is 0.0179. The molecule has 0 saturated carbocycles. The van der Waals surface area contributed by atoms with Crippen LogP contribution >= 0.6 is 0 Å². The van der Waals surface area contributed by atoms with Gasteiger partial charge in [-0.3, -0.25) is 24.0 Å². The fourth-order valence-corrected chi connectivity index (χ4v) is 3.36. The monoisotopic (exact) mass is 504 g/mol. The van der Waals surface area contributed by atoms with Gasteiger partial charge in [0.15, 0.2) is 0 Å². The molecule has 194 valence electrons. The molecule has 0 radical (unpaired) electrons. The van der Waals surface area contributed by atoms with Crippen LogP contribution in [0.2, 0.25) is 0 Å². The third kappa shape index (κ3) is 7.80. The summed E-state index contributed by atoms with van der Waals surface area (Å²) in [6.07, 6.45) is -0.0140. The standard InChI is InChI=1S/C22H28N6O8/c1-10(23)19(32)26-14(6-11-9-25-13-5-3-2-4-12(11)13)20(33)27-15(7-17(24)29)21(34)28-16(22(35)36)8-18(30)31/h2-5,9-10,14-16,25H,6-8,23H2,1H3,(H2,24,29)(H,26,32)(H,27,33)(H,28,34)(H,30,31)(H,35,36)/t10-,14-,15-,16-/m0/s1. The van der Waals surface area contributed by atoms with Gasteiger partial charge in [0.2, 0.25) is 23.6 Å². The summed E-state index contributed by atoms with van der Waals surface area (Å²) in [5.41, 5.74) is 12.2. The first-order valence-corrected chi connectivity index (χ1v) is 10.8. The third-order valence-electron chi connectivity index (χ3n) is 5.18. The van der Waals surface area contributed by atoms with Gasteiger partial charge in [0.05, 0.1) is 18.9 Å². The average Bonchev–Trinajstić information content (AvgIpc) is 3.19. The molecule has 0 aliphatic heterocycles. The topological polar surface area (TPSA) is 247 Å². The zero-order valence-corrected chi connectivity index (χ0v) is 19.3. The Bertz CT molecular complexity index is 1160. The smallest absolute Gasteiger partial charge is 0.326 e. The lowest BCUT2D eigenvalue weighted by Gasteiger charge is -2.24. The van der Waals surface area contributed by atoms with Crippen LogP contribution in [0, 0.1) is 0 Å². The number of aromatic amines is 1. The van der Waals surface area contributed by atoms with Crippen LogP contribution in [0.5, 0.6) is 0 Å². The van der Waals surface area contributed by atoms with Crippen molar-refractivity contribution >= 4 is 46.5 Å². The first-order chi connectivity index (χ1) is 16.9. The number of primary amides is 1. The fourth-order valence-electron chi connectivity index (χ4n) is 3.36. The molecule has 0 saturated heterocycles. The molecule has 1 heterocycles. The van der Waals surface area contributed by atoms with E-state index < -0.39 is 72.6 Å². The maximum atomic E-state index is 13.1. The molecule has 0 aliphatic carbocycles. The first-order valence-electron chi connectivity index (χ1n) is 10.8. The van der Waals surface area contributed by atoms with Crippen LogP contribution < -0.4 is 27.4 Å². The van der Waals surface area contributed by atoms with Gasteiger partial charge in [-0.2, -0.15) is 0 Å². The lowest BCUT2D eigenvalue weighted by molar-refractivity contribution is -0.147. The van der Waals surface area contributed by atoms with Crippen molar-refractivity contribution in [1.29, 1.82) is 0 Å². The molecule has 14 nitrogen and oxygen atoms in total. The van der Waals surface area contributed by atoms with E-state index in [9.17, 15) is 28.8 Å². The first kappa shape index (κ1) is 27.8. The number of carboxylic acids is 2. The number of benzene rings is 1. The number of nitrogens with one attached hydrogen (secondary N) is 4. The molecule has 4 atom stereocenters. The SMILES string of the molecule is C[C@H](N)C(=O)N[C@@H](Cc1c[nH]c2ccccc12)C(=O)N[C@@H](CC(N)=O)C(=O)N[C@@H](CC(=O)O)C(=O)O. The van der Waals surface area contributed by atoms with E-state index in [4.69, 9.17) is 21.7 Å². The van der Waals surface area contributed by atoms with Crippen LogP contribution in [0.15, 0.2) is 30.5 Å². The van der Waals surface area contributed by atoms with E-state index >= 15 is 0 Å². The van der Waals surface area contributed by atoms with Crippen molar-refractivity contribution in [2.24, 2.45) is 11.5 Å². The maximum absolute atomic E-state index is 13.1. The van der Waals surface area contributed by atoms with Crippen LogP contribution in [0.3, 0.4) is 0 Å². The summed E-state index contributed by atoms with van der Waals surface area (Å²) < 4.78 is 0. The number of rotatable bonds is 13. The number of carboxylic acid groups (broad SMARTS) is 2. The van der Waals surface area contributed by atoms with Crippen molar-refractivity contribution in [3.8, 4) is 0 Å². The quantitative estimate of drug-likeness (QED) is 0.149. The highest BCUT2D eigenvalue weighted by atomic mass is 16.4. The van der Waals surface area contributed by atoms with Crippen molar-refractivity contribution in [2.75, 3.05) is 0 Å². The third-order valence-corrected chi connectivity index (χ3v) is 5.18. The van der Waals surface area contributed by atoms with Crippen LogP contribution in [-0.4, -0.2) is 74.9 Å². The molecule has 36 heavy (non-hydrogen) atoms. The summed E-state index contributed by atoms with van der Waals surface area (Å²) in [6.45, 7) is 1.41. The van der Waals surface area contributed by atoms with E-state index in [-0.39, 0.29) is 6.42 Å². The van der Waals surface area contributed by atoms with Gasteiger partial charge in [0, 0.05) is 23.5 Å². The highest BCUT2D eigenvalue weighted by molar-refractivity contribution is 5.97. The number of H-pyrrole nitrogens is 1. The number of nitrogens with two attached hydrogens (primary N) is 2. The summed E-state index contributed by atoms with van der Waals surface area (Å²) in [7, 11) is 0. The Hall–Kier alpha value is -4.46. The van der Waals surface area contributed by atoms with Gasteiger partial charge >= 0.3 is 11.9 Å². The second-order valence-corrected chi connectivity index (χ2v) is 8.14. The molecule has 10 N–H and O–H groups in total. The maximum Gasteiger partial charge on any atom is 0.326 e. The number of fused-ring (bicyclic) bond motifs is 1. The van der Waals surface area contributed by atoms with Gasteiger partial charge < -0.3 is 42.6 Å². The number of carbonyl (C=O) groups is 6. The van der Waals surface area contributed by atoms with E-state index in [1.807, 2.05) is 17.4 Å². The van der Waals surface area contributed by atoms with Crippen molar-refractivity contribution in [3.05, 3.63) is 36.0 Å². The normalized spacial score (nSPS) is 14.2. The van der Waals surface area contributed by atoms with Crippen molar-refractivity contribution < 1.29 is 39.0 Å². The lowest BCUT2D eigenvalue weighted by Crippen LogP contribution is -2.58. The Balaban J connectivity index is 2.28. The molecule has 1 aromatic carbocycles. The van der Waals surface area contributed by atoms with Crippen molar-refractivity contribution in [2.45, 2.75) is 50.4 Å². The minimum Gasteiger partial charge on any atom is -0.481 e. The number of hydrogen-bond donors (Lipinski definition) is 8. The fraction of sp³-hybridized carbons (Fsp3) is 0.364. The molecule has 0 fully saturated rings.